The van der Waals surface area contributed by atoms with Gasteiger partial charge < -0.3 is 9.47 Å². The third kappa shape index (κ3) is 2.01. The van der Waals surface area contributed by atoms with E-state index in [1.54, 1.807) is 0 Å². The summed E-state index contributed by atoms with van der Waals surface area (Å²) >= 11 is 0. The highest BCUT2D eigenvalue weighted by Crippen LogP contribution is 2.34. The minimum Gasteiger partial charge on any atom is -0.338 e. The van der Waals surface area contributed by atoms with Gasteiger partial charge in [-0.25, -0.2) is 4.98 Å². The summed E-state index contributed by atoms with van der Waals surface area (Å²) in [5, 5.41) is 0. The molecule has 0 spiro atoms. The Morgan fingerprint density at radius 1 is 1.25 bits per heavy atom. The molecule has 1 aliphatic heterocycles. The molecule has 104 valence electrons. The van der Waals surface area contributed by atoms with Crippen LogP contribution in [0.5, 0.6) is 0 Å². The predicted octanol–water partition coefficient (Wildman–Crippen LogP) is 2.78. The van der Waals surface area contributed by atoms with Gasteiger partial charge >= 0.3 is 0 Å². The number of likely N-dealkylation sites (tertiary alicyclic amines) is 1. The molecular formula is C16H19N3O. The van der Waals surface area contributed by atoms with Crippen LogP contribution in [0.1, 0.15) is 35.8 Å². The molecule has 3 rings (SSSR count). The molecule has 2 aromatic rings. The maximum Gasteiger partial charge on any atom is 0.210 e. The van der Waals surface area contributed by atoms with Crippen LogP contribution >= 0.6 is 0 Å². The van der Waals surface area contributed by atoms with Gasteiger partial charge in [-0.2, -0.15) is 0 Å². The van der Waals surface area contributed by atoms with Crippen LogP contribution in [0.25, 0.3) is 5.82 Å². The molecule has 20 heavy (non-hydrogen) atoms. The Hall–Kier alpha value is -2.10. The normalized spacial score (nSPS) is 18.5. The second-order valence-electron chi connectivity index (χ2n) is 5.37. The van der Waals surface area contributed by atoms with Crippen molar-refractivity contribution in [1.82, 2.24) is 14.5 Å². The molecule has 0 aliphatic carbocycles. The molecule has 1 saturated heterocycles. The van der Waals surface area contributed by atoms with E-state index in [1.165, 1.54) is 0 Å². The van der Waals surface area contributed by atoms with Crippen molar-refractivity contribution in [3.8, 4) is 5.82 Å². The van der Waals surface area contributed by atoms with Gasteiger partial charge in [0, 0.05) is 29.7 Å². The minimum atomic E-state index is 0.150. The number of rotatable bonds is 3. The smallest absolute Gasteiger partial charge is 0.210 e. The largest absolute Gasteiger partial charge is 0.338 e. The summed E-state index contributed by atoms with van der Waals surface area (Å²) in [7, 11) is 0. The van der Waals surface area contributed by atoms with Crippen molar-refractivity contribution >= 4 is 6.41 Å². The van der Waals surface area contributed by atoms with Crippen LogP contribution in [0, 0.1) is 13.8 Å². The number of carbonyl (C=O) groups is 1. The van der Waals surface area contributed by atoms with Gasteiger partial charge in [-0.05, 0) is 44.9 Å². The van der Waals surface area contributed by atoms with Crippen molar-refractivity contribution in [3.05, 3.63) is 47.4 Å². The fourth-order valence-corrected chi connectivity index (χ4v) is 3.11. The van der Waals surface area contributed by atoms with Crippen molar-refractivity contribution in [2.75, 3.05) is 6.54 Å². The first-order chi connectivity index (χ1) is 9.72. The Labute approximate surface area is 119 Å². The zero-order chi connectivity index (χ0) is 14.1. The van der Waals surface area contributed by atoms with Gasteiger partial charge in [0.1, 0.15) is 5.82 Å². The Kier molecular flexibility index (Phi) is 3.30. The van der Waals surface area contributed by atoms with Crippen LogP contribution in [0.4, 0.5) is 0 Å². The van der Waals surface area contributed by atoms with Crippen molar-refractivity contribution < 1.29 is 4.79 Å². The molecule has 4 heteroatoms. The summed E-state index contributed by atoms with van der Waals surface area (Å²) in [6.45, 7) is 5.00. The van der Waals surface area contributed by atoms with Crippen molar-refractivity contribution in [2.45, 2.75) is 32.7 Å². The van der Waals surface area contributed by atoms with Gasteiger partial charge in [0.05, 0.1) is 6.04 Å². The van der Waals surface area contributed by atoms with Crippen LogP contribution in [0.2, 0.25) is 0 Å². The SMILES string of the molecule is Cc1ccc(C)n1-c1ncccc1[C@H]1CCCN1C=O. The molecule has 0 N–H and O–H groups in total. The van der Waals surface area contributed by atoms with Gasteiger partial charge in [0.15, 0.2) is 0 Å². The Bertz CT molecular complexity index is 613. The molecule has 0 bridgehead atoms. The number of hydrogen-bond donors (Lipinski definition) is 0. The molecule has 0 saturated carbocycles. The van der Waals surface area contributed by atoms with E-state index in [9.17, 15) is 4.79 Å². The first kappa shape index (κ1) is 12.9. The zero-order valence-electron chi connectivity index (χ0n) is 11.9. The van der Waals surface area contributed by atoms with Gasteiger partial charge in [-0.1, -0.05) is 6.07 Å². The van der Waals surface area contributed by atoms with Crippen molar-refractivity contribution in [1.29, 1.82) is 0 Å². The van der Waals surface area contributed by atoms with Crippen LogP contribution in [0.3, 0.4) is 0 Å². The van der Waals surface area contributed by atoms with Crippen LogP contribution in [-0.2, 0) is 4.79 Å². The number of amides is 1. The monoisotopic (exact) mass is 269 g/mol. The number of carbonyl (C=O) groups excluding carboxylic acids is 1. The van der Waals surface area contributed by atoms with Crippen LogP contribution < -0.4 is 0 Å². The maximum absolute atomic E-state index is 11.2. The lowest BCUT2D eigenvalue weighted by molar-refractivity contribution is -0.118. The Morgan fingerprint density at radius 3 is 2.70 bits per heavy atom. The van der Waals surface area contributed by atoms with Gasteiger partial charge in [0.2, 0.25) is 6.41 Å². The first-order valence-electron chi connectivity index (χ1n) is 7.03. The summed E-state index contributed by atoms with van der Waals surface area (Å²) in [4.78, 5) is 17.7. The van der Waals surface area contributed by atoms with Gasteiger partial charge in [-0.15, -0.1) is 0 Å². The van der Waals surface area contributed by atoms with E-state index in [2.05, 4.69) is 41.6 Å². The molecular weight excluding hydrogens is 250 g/mol. The second kappa shape index (κ2) is 5.12. The quantitative estimate of drug-likeness (QED) is 0.804. The number of nitrogens with zero attached hydrogens (tertiary/aromatic N) is 3. The third-order valence-corrected chi connectivity index (χ3v) is 4.09. The average molecular weight is 269 g/mol. The highest BCUT2D eigenvalue weighted by Gasteiger charge is 2.27. The highest BCUT2D eigenvalue weighted by molar-refractivity contribution is 5.51. The molecule has 0 unspecified atom stereocenters. The molecule has 4 nitrogen and oxygen atoms in total. The lowest BCUT2D eigenvalue weighted by Gasteiger charge is -2.23. The molecule has 0 aromatic carbocycles. The molecule has 3 heterocycles. The first-order valence-corrected chi connectivity index (χ1v) is 7.03. The van der Waals surface area contributed by atoms with Gasteiger partial charge in [-0.3, -0.25) is 4.79 Å². The minimum absolute atomic E-state index is 0.150. The molecule has 1 amide bonds. The topological polar surface area (TPSA) is 38.1 Å². The maximum atomic E-state index is 11.2. The number of pyridine rings is 1. The lowest BCUT2D eigenvalue weighted by Crippen LogP contribution is -2.23. The van der Waals surface area contributed by atoms with Gasteiger partial charge in [0.25, 0.3) is 0 Å². The van der Waals surface area contributed by atoms with Crippen molar-refractivity contribution in [3.63, 3.8) is 0 Å². The Balaban J connectivity index is 2.12. The zero-order valence-corrected chi connectivity index (χ0v) is 11.9. The number of hydrogen-bond acceptors (Lipinski definition) is 2. The standard InChI is InChI=1S/C16H19N3O/c1-12-7-8-13(2)19(12)16-14(5-3-9-17-16)15-6-4-10-18(15)11-20/h3,5,7-9,11,15H,4,6,10H2,1-2H3/t15-/m1/s1. The van der Waals surface area contributed by atoms with E-state index in [-0.39, 0.29) is 6.04 Å². The third-order valence-electron chi connectivity index (χ3n) is 4.09. The number of aromatic nitrogens is 2. The van der Waals surface area contributed by atoms with E-state index in [1.807, 2.05) is 17.2 Å². The van der Waals surface area contributed by atoms with E-state index >= 15 is 0 Å². The van der Waals surface area contributed by atoms with Crippen molar-refractivity contribution in [2.24, 2.45) is 0 Å². The lowest BCUT2D eigenvalue weighted by atomic mass is 10.1. The highest BCUT2D eigenvalue weighted by atomic mass is 16.1. The molecule has 1 aliphatic rings. The molecule has 1 fully saturated rings. The van der Waals surface area contributed by atoms with E-state index in [0.717, 1.165) is 48.6 Å². The summed E-state index contributed by atoms with van der Waals surface area (Å²) in [5.74, 6) is 0.950. The second-order valence-corrected chi connectivity index (χ2v) is 5.37. The van der Waals surface area contributed by atoms with E-state index < -0.39 is 0 Å². The molecule has 1 atom stereocenters. The fourth-order valence-electron chi connectivity index (χ4n) is 3.11. The number of aryl methyl sites for hydroxylation is 2. The average Bonchev–Trinajstić information content (AvgIpc) is 3.06. The summed E-state index contributed by atoms with van der Waals surface area (Å²) in [6.07, 6.45) is 4.85. The molecule has 2 aromatic heterocycles. The Morgan fingerprint density at radius 2 is 2.00 bits per heavy atom. The fraction of sp³-hybridized carbons (Fsp3) is 0.375. The van der Waals surface area contributed by atoms with Crippen LogP contribution in [0.15, 0.2) is 30.5 Å². The summed E-state index contributed by atoms with van der Waals surface area (Å²) in [5.41, 5.74) is 3.47. The molecule has 0 radical (unpaired) electrons. The van der Waals surface area contributed by atoms with E-state index in [0.29, 0.717) is 0 Å². The summed E-state index contributed by atoms with van der Waals surface area (Å²) < 4.78 is 2.16. The predicted molar refractivity (Wildman–Crippen MR) is 77.8 cm³/mol. The van der Waals surface area contributed by atoms with E-state index in [4.69, 9.17) is 0 Å². The van der Waals surface area contributed by atoms with Crippen LogP contribution in [-0.4, -0.2) is 27.4 Å². The summed E-state index contributed by atoms with van der Waals surface area (Å²) in [6, 6.07) is 8.39.